The fraction of sp³-hybridized carbons (Fsp3) is 0.421. The minimum atomic E-state index is -0.187. The molecule has 2 aromatic rings. The zero-order valence-electron chi connectivity index (χ0n) is 13.2. The molecule has 1 aromatic carbocycles. The first-order valence-electron chi connectivity index (χ1n) is 8.50. The Morgan fingerprint density at radius 2 is 1.87 bits per heavy atom. The highest BCUT2D eigenvalue weighted by Crippen LogP contribution is 2.48. The maximum absolute atomic E-state index is 12.9. The van der Waals surface area contributed by atoms with Gasteiger partial charge in [0.25, 0.3) is 5.91 Å². The van der Waals surface area contributed by atoms with Crippen molar-refractivity contribution in [3.05, 3.63) is 53.5 Å². The molecule has 23 heavy (non-hydrogen) atoms. The van der Waals surface area contributed by atoms with Gasteiger partial charge in [0.15, 0.2) is 6.17 Å². The van der Waals surface area contributed by atoms with Gasteiger partial charge in [-0.25, -0.2) is 0 Å². The molecule has 0 bridgehead atoms. The van der Waals surface area contributed by atoms with Crippen LogP contribution in [0.5, 0.6) is 0 Å². The molecule has 118 valence electrons. The molecule has 2 saturated carbocycles. The van der Waals surface area contributed by atoms with Crippen molar-refractivity contribution in [2.24, 2.45) is 5.92 Å². The van der Waals surface area contributed by atoms with E-state index >= 15 is 0 Å². The van der Waals surface area contributed by atoms with E-state index in [4.69, 9.17) is 4.42 Å². The summed E-state index contributed by atoms with van der Waals surface area (Å²) in [4.78, 5) is 14.9. The standard InChI is InChI=1S/C19H20N2O2/c1-11-10-14(11)16-8-9-17(23-16)18-20-15-5-3-2-4-13(15)19(22)21(18)12-6-7-12/h2-5,8-9,11-12,14,18,20H,6-7,10H2,1H3/t11-,14+,18+/m0/s1. The Kier molecular flexibility index (Phi) is 2.67. The monoisotopic (exact) mass is 308 g/mol. The maximum atomic E-state index is 12.9. The van der Waals surface area contributed by atoms with Crippen LogP contribution in [0.3, 0.4) is 0 Å². The van der Waals surface area contributed by atoms with Crippen LogP contribution in [-0.2, 0) is 0 Å². The normalized spacial score (nSPS) is 29.2. The van der Waals surface area contributed by atoms with Crippen LogP contribution < -0.4 is 5.32 Å². The Morgan fingerprint density at radius 1 is 1.13 bits per heavy atom. The zero-order valence-corrected chi connectivity index (χ0v) is 13.2. The molecular formula is C19H20N2O2. The average molecular weight is 308 g/mol. The number of carbonyl (C=O) groups is 1. The Labute approximate surface area is 135 Å². The summed E-state index contributed by atoms with van der Waals surface area (Å²) in [5, 5.41) is 3.51. The molecule has 2 fully saturated rings. The number of benzene rings is 1. The molecule has 4 heteroatoms. The second kappa shape index (κ2) is 4.63. The van der Waals surface area contributed by atoms with Gasteiger partial charge < -0.3 is 14.6 Å². The molecule has 0 spiro atoms. The fourth-order valence-electron chi connectivity index (χ4n) is 3.64. The van der Waals surface area contributed by atoms with Crippen molar-refractivity contribution in [2.45, 2.75) is 44.3 Å². The van der Waals surface area contributed by atoms with Crippen molar-refractivity contribution >= 4 is 11.6 Å². The summed E-state index contributed by atoms with van der Waals surface area (Å²) < 4.78 is 6.13. The number of furan rings is 1. The quantitative estimate of drug-likeness (QED) is 0.927. The summed E-state index contributed by atoms with van der Waals surface area (Å²) in [6.45, 7) is 2.25. The Morgan fingerprint density at radius 3 is 2.61 bits per heavy atom. The number of anilines is 1. The van der Waals surface area contributed by atoms with Crippen molar-refractivity contribution in [2.75, 3.05) is 5.32 Å². The number of amides is 1. The van der Waals surface area contributed by atoms with E-state index in [1.165, 1.54) is 6.42 Å². The molecule has 3 aliphatic rings. The zero-order chi connectivity index (χ0) is 15.6. The molecule has 0 saturated heterocycles. The predicted molar refractivity (Wildman–Crippen MR) is 87.2 cm³/mol. The number of hydrogen-bond acceptors (Lipinski definition) is 3. The minimum Gasteiger partial charge on any atom is -0.462 e. The van der Waals surface area contributed by atoms with Crippen LogP contribution in [0.15, 0.2) is 40.8 Å². The van der Waals surface area contributed by atoms with Crippen molar-refractivity contribution in [3.8, 4) is 0 Å². The fourth-order valence-corrected chi connectivity index (χ4v) is 3.64. The van der Waals surface area contributed by atoms with Gasteiger partial charge in [-0.05, 0) is 49.4 Å². The number of nitrogens with zero attached hydrogens (tertiary/aromatic N) is 1. The lowest BCUT2D eigenvalue weighted by molar-refractivity contribution is 0.0644. The molecular weight excluding hydrogens is 288 g/mol. The first kappa shape index (κ1) is 13.2. The summed E-state index contributed by atoms with van der Waals surface area (Å²) in [6, 6.07) is 12.2. The average Bonchev–Trinajstić information content (AvgIpc) is 3.47. The molecule has 0 unspecified atom stereocenters. The molecule has 4 nitrogen and oxygen atoms in total. The molecule has 1 amide bonds. The Bertz CT molecular complexity index is 777. The van der Waals surface area contributed by atoms with Crippen LogP contribution in [-0.4, -0.2) is 16.8 Å². The Balaban J connectivity index is 1.53. The first-order chi connectivity index (χ1) is 11.2. The van der Waals surface area contributed by atoms with Crippen molar-refractivity contribution in [1.29, 1.82) is 0 Å². The van der Waals surface area contributed by atoms with E-state index in [0.29, 0.717) is 12.0 Å². The Hall–Kier alpha value is -2.23. The maximum Gasteiger partial charge on any atom is 0.258 e. The van der Waals surface area contributed by atoms with Gasteiger partial charge in [0.2, 0.25) is 0 Å². The number of para-hydroxylation sites is 1. The van der Waals surface area contributed by atoms with Gasteiger partial charge in [-0.1, -0.05) is 19.1 Å². The van der Waals surface area contributed by atoms with E-state index < -0.39 is 0 Å². The topological polar surface area (TPSA) is 45.5 Å². The van der Waals surface area contributed by atoms with Crippen LogP contribution in [0, 0.1) is 5.92 Å². The third-order valence-corrected chi connectivity index (χ3v) is 5.29. The number of nitrogens with one attached hydrogen (secondary N) is 1. The summed E-state index contributed by atoms with van der Waals surface area (Å²) in [6.07, 6.45) is 3.19. The van der Waals surface area contributed by atoms with E-state index in [-0.39, 0.29) is 12.1 Å². The number of hydrogen-bond donors (Lipinski definition) is 1. The van der Waals surface area contributed by atoms with E-state index in [0.717, 1.165) is 41.5 Å². The van der Waals surface area contributed by atoms with Gasteiger partial charge in [-0.3, -0.25) is 4.79 Å². The van der Waals surface area contributed by atoms with Crippen LogP contribution in [0.2, 0.25) is 0 Å². The van der Waals surface area contributed by atoms with E-state index in [9.17, 15) is 4.79 Å². The van der Waals surface area contributed by atoms with E-state index in [1.54, 1.807) is 0 Å². The van der Waals surface area contributed by atoms with Gasteiger partial charge >= 0.3 is 0 Å². The van der Waals surface area contributed by atoms with Crippen molar-refractivity contribution in [1.82, 2.24) is 4.90 Å². The largest absolute Gasteiger partial charge is 0.462 e. The SMILES string of the molecule is C[C@H]1C[C@H]1c1ccc([C@@H]2Nc3ccccc3C(=O)N2C2CC2)o1. The molecule has 2 aliphatic carbocycles. The first-order valence-corrected chi connectivity index (χ1v) is 8.50. The molecule has 1 aliphatic heterocycles. The molecule has 0 radical (unpaired) electrons. The lowest BCUT2D eigenvalue weighted by Gasteiger charge is -2.37. The lowest BCUT2D eigenvalue weighted by Crippen LogP contribution is -2.44. The number of carbonyl (C=O) groups excluding carboxylic acids is 1. The number of rotatable bonds is 3. The van der Waals surface area contributed by atoms with Crippen LogP contribution in [0.4, 0.5) is 5.69 Å². The van der Waals surface area contributed by atoms with Crippen LogP contribution >= 0.6 is 0 Å². The summed E-state index contributed by atoms with van der Waals surface area (Å²) in [5.41, 5.74) is 1.66. The third-order valence-electron chi connectivity index (χ3n) is 5.29. The molecule has 2 heterocycles. The van der Waals surface area contributed by atoms with Gasteiger partial charge in [-0.15, -0.1) is 0 Å². The second-order valence-corrected chi connectivity index (χ2v) is 7.10. The predicted octanol–water partition coefficient (Wildman–Crippen LogP) is 4.13. The van der Waals surface area contributed by atoms with E-state index in [1.807, 2.05) is 35.2 Å². The van der Waals surface area contributed by atoms with Crippen LogP contribution in [0.1, 0.15) is 60.1 Å². The lowest BCUT2D eigenvalue weighted by atomic mass is 10.1. The van der Waals surface area contributed by atoms with Crippen molar-refractivity contribution in [3.63, 3.8) is 0 Å². The third kappa shape index (κ3) is 2.08. The van der Waals surface area contributed by atoms with Crippen molar-refractivity contribution < 1.29 is 9.21 Å². The molecule has 1 aromatic heterocycles. The van der Waals surface area contributed by atoms with Crippen LogP contribution in [0.25, 0.3) is 0 Å². The van der Waals surface area contributed by atoms with Gasteiger partial charge in [0, 0.05) is 17.6 Å². The summed E-state index contributed by atoms with van der Waals surface area (Å²) in [7, 11) is 0. The van der Waals surface area contributed by atoms with Gasteiger partial charge in [-0.2, -0.15) is 0 Å². The second-order valence-electron chi connectivity index (χ2n) is 7.10. The van der Waals surface area contributed by atoms with E-state index in [2.05, 4.69) is 18.3 Å². The van der Waals surface area contributed by atoms with Gasteiger partial charge in [0.1, 0.15) is 11.5 Å². The highest BCUT2D eigenvalue weighted by atomic mass is 16.3. The molecule has 5 rings (SSSR count). The highest BCUT2D eigenvalue weighted by molar-refractivity contribution is 6.02. The summed E-state index contributed by atoms with van der Waals surface area (Å²) >= 11 is 0. The highest BCUT2D eigenvalue weighted by Gasteiger charge is 2.44. The minimum absolute atomic E-state index is 0.115. The number of fused-ring (bicyclic) bond motifs is 1. The molecule has 3 atom stereocenters. The summed E-state index contributed by atoms with van der Waals surface area (Å²) in [5.74, 6) is 3.31. The molecule has 1 N–H and O–H groups in total. The van der Waals surface area contributed by atoms with Gasteiger partial charge in [0.05, 0.1) is 5.56 Å². The smallest absolute Gasteiger partial charge is 0.258 e.